The minimum Gasteiger partial charge on any atom is -0.381 e. The maximum absolute atomic E-state index is 12.0. The highest BCUT2D eigenvalue weighted by Crippen LogP contribution is 2.34. The number of hydrogen-bond donors (Lipinski definition) is 2. The zero-order valence-corrected chi connectivity index (χ0v) is 10.2. The van der Waals surface area contributed by atoms with E-state index in [0.29, 0.717) is 5.92 Å². The Bertz CT molecular complexity index is 474. The first kappa shape index (κ1) is 11.4. The van der Waals surface area contributed by atoms with Gasteiger partial charge in [-0.3, -0.25) is 0 Å². The molecule has 2 unspecified atom stereocenters. The molecule has 1 aliphatic carbocycles. The van der Waals surface area contributed by atoms with Gasteiger partial charge in [0.1, 0.15) is 0 Å². The average molecular weight is 244 g/mol. The highest BCUT2D eigenvalue weighted by molar-refractivity contribution is 7.89. The molecule has 1 aromatic heterocycles. The van der Waals surface area contributed by atoms with E-state index in [9.17, 15) is 8.42 Å². The number of nitrogens with zero attached hydrogens (tertiary/aromatic N) is 2. The van der Waals surface area contributed by atoms with Gasteiger partial charge in [0.2, 0.25) is 0 Å². The third-order valence-corrected chi connectivity index (χ3v) is 4.54. The van der Waals surface area contributed by atoms with Crippen LogP contribution < -0.4 is 10.5 Å². The fourth-order valence-electron chi connectivity index (χ4n) is 1.86. The van der Waals surface area contributed by atoms with Gasteiger partial charge in [-0.1, -0.05) is 13.3 Å². The van der Waals surface area contributed by atoms with Crippen LogP contribution in [0.25, 0.3) is 0 Å². The van der Waals surface area contributed by atoms with Gasteiger partial charge in [-0.25, -0.2) is 18.1 Å². The van der Waals surface area contributed by atoms with Crippen LogP contribution in [0.1, 0.15) is 19.8 Å². The Morgan fingerprint density at radius 2 is 2.38 bits per heavy atom. The Morgan fingerprint density at radius 1 is 1.69 bits per heavy atom. The predicted molar refractivity (Wildman–Crippen MR) is 60.1 cm³/mol. The average Bonchev–Trinajstić information content (AvgIpc) is 2.83. The monoisotopic (exact) mass is 244 g/mol. The maximum Gasteiger partial charge on any atom is 0.260 e. The van der Waals surface area contributed by atoms with Crippen molar-refractivity contribution in [2.45, 2.75) is 30.8 Å². The number of nitrogens with two attached hydrogens (primary N) is 1. The molecule has 3 N–H and O–H groups in total. The Labute approximate surface area is 94.9 Å². The van der Waals surface area contributed by atoms with E-state index in [-0.39, 0.29) is 16.9 Å². The van der Waals surface area contributed by atoms with Gasteiger partial charge in [-0.2, -0.15) is 0 Å². The summed E-state index contributed by atoms with van der Waals surface area (Å²) in [6.07, 6.45) is 3.30. The molecule has 0 spiro atoms. The van der Waals surface area contributed by atoms with Gasteiger partial charge in [0.05, 0.1) is 6.33 Å². The van der Waals surface area contributed by atoms with E-state index in [2.05, 4.69) is 16.6 Å². The lowest BCUT2D eigenvalue weighted by Crippen LogP contribution is -2.29. The zero-order chi connectivity index (χ0) is 11.9. The molecule has 7 heteroatoms. The summed E-state index contributed by atoms with van der Waals surface area (Å²) in [5.41, 5.74) is 5.54. The standard InChI is InChI=1S/C9H16N4O2S/c1-3-6-4-7(6)12-16(14,15)9-8(10)11-5-13(9)2/h5-7,12H,3-4,10H2,1-2H3. The molecule has 0 amide bonds. The fraction of sp³-hybridized carbons (Fsp3) is 0.667. The van der Waals surface area contributed by atoms with Gasteiger partial charge in [0.15, 0.2) is 10.8 Å². The summed E-state index contributed by atoms with van der Waals surface area (Å²) in [5, 5.41) is 0.0502. The summed E-state index contributed by atoms with van der Waals surface area (Å²) in [7, 11) is -1.92. The van der Waals surface area contributed by atoms with Crippen LogP contribution in [-0.2, 0) is 17.1 Å². The van der Waals surface area contributed by atoms with Crippen LogP contribution in [0.4, 0.5) is 5.82 Å². The number of sulfonamides is 1. The molecule has 0 saturated heterocycles. The Morgan fingerprint density at radius 3 is 2.81 bits per heavy atom. The van der Waals surface area contributed by atoms with Crippen LogP contribution in [0.5, 0.6) is 0 Å². The third kappa shape index (κ3) is 1.92. The molecule has 16 heavy (non-hydrogen) atoms. The van der Waals surface area contributed by atoms with Crippen molar-refractivity contribution in [2.75, 3.05) is 5.73 Å². The number of aryl methyl sites for hydroxylation is 1. The molecule has 2 atom stereocenters. The molecule has 1 aliphatic rings. The molecule has 0 aromatic carbocycles. The van der Waals surface area contributed by atoms with E-state index >= 15 is 0 Å². The fourth-order valence-corrected chi connectivity index (χ4v) is 3.42. The normalized spacial score (nSPS) is 24.6. The second-order valence-corrected chi connectivity index (χ2v) is 5.81. The molecular weight excluding hydrogens is 228 g/mol. The van der Waals surface area contributed by atoms with Crippen LogP contribution in [0, 0.1) is 5.92 Å². The van der Waals surface area contributed by atoms with E-state index in [1.807, 2.05) is 0 Å². The smallest absolute Gasteiger partial charge is 0.260 e. The second kappa shape index (κ2) is 3.74. The lowest BCUT2D eigenvalue weighted by atomic mass is 10.3. The van der Waals surface area contributed by atoms with Crippen molar-refractivity contribution in [3.05, 3.63) is 6.33 Å². The van der Waals surface area contributed by atoms with Gasteiger partial charge >= 0.3 is 0 Å². The lowest BCUT2D eigenvalue weighted by Gasteiger charge is -2.07. The van der Waals surface area contributed by atoms with Crippen molar-refractivity contribution in [1.82, 2.24) is 14.3 Å². The maximum atomic E-state index is 12.0. The van der Waals surface area contributed by atoms with Crippen molar-refractivity contribution in [1.29, 1.82) is 0 Å². The molecule has 2 rings (SSSR count). The number of aromatic nitrogens is 2. The van der Waals surface area contributed by atoms with Gasteiger partial charge in [-0.05, 0) is 12.3 Å². The number of rotatable bonds is 4. The first-order valence-electron chi connectivity index (χ1n) is 5.24. The van der Waals surface area contributed by atoms with E-state index in [4.69, 9.17) is 5.73 Å². The van der Waals surface area contributed by atoms with Crippen molar-refractivity contribution in [3.8, 4) is 0 Å². The number of nitrogen functional groups attached to an aromatic ring is 1. The Balaban J connectivity index is 2.20. The Hall–Kier alpha value is -1.08. The predicted octanol–water partition coefficient (Wildman–Crippen LogP) is 0.0791. The molecule has 1 fully saturated rings. The largest absolute Gasteiger partial charge is 0.381 e. The highest BCUT2D eigenvalue weighted by atomic mass is 32.2. The van der Waals surface area contributed by atoms with Gasteiger partial charge < -0.3 is 10.3 Å². The lowest BCUT2D eigenvalue weighted by molar-refractivity contribution is 0.566. The minimum absolute atomic E-state index is 0.0451. The van der Waals surface area contributed by atoms with E-state index in [0.717, 1.165) is 12.8 Å². The summed E-state index contributed by atoms with van der Waals surface area (Å²) in [6.45, 7) is 2.05. The van der Waals surface area contributed by atoms with Crippen LogP contribution >= 0.6 is 0 Å². The van der Waals surface area contributed by atoms with Gasteiger partial charge in [0, 0.05) is 13.1 Å². The molecule has 0 bridgehead atoms. The molecule has 1 aromatic rings. The molecule has 0 aliphatic heterocycles. The summed E-state index contributed by atoms with van der Waals surface area (Å²) in [6, 6.07) is 0.0595. The van der Waals surface area contributed by atoms with Gasteiger partial charge in [0.25, 0.3) is 10.0 Å². The zero-order valence-electron chi connectivity index (χ0n) is 9.34. The third-order valence-electron chi connectivity index (χ3n) is 2.92. The van der Waals surface area contributed by atoms with E-state index in [1.165, 1.54) is 10.9 Å². The number of anilines is 1. The highest BCUT2D eigenvalue weighted by Gasteiger charge is 2.39. The molecule has 0 radical (unpaired) electrons. The van der Waals surface area contributed by atoms with Crippen LogP contribution in [0.3, 0.4) is 0 Å². The summed E-state index contributed by atoms with van der Waals surface area (Å²) >= 11 is 0. The van der Waals surface area contributed by atoms with Crippen LogP contribution in [0.2, 0.25) is 0 Å². The summed E-state index contributed by atoms with van der Waals surface area (Å²) in [5.74, 6) is 0.507. The van der Waals surface area contributed by atoms with Crippen LogP contribution in [0.15, 0.2) is 11.4 Å². The first-order chi connectivity index (χ1) is 7.45. The van der Waals surface area contributed by atoms with Crippen molar-refractivity contribution in [3.63, 3.8) is 0 Å². The second-order valence-electron chi connectivity index (χ2n) is 4.18. The number of imidazole rings is 1. The molecule has 1 saturated carbocycles. The number of hydrogen-bond acceptors (Lipinski definition) is 4. The first-order valence-corrected chi connectivity index (χ1v) is 6.73. The van der Waals surface area contributed by atoms with E-state index in [1.54, 1.807) is 7.05 Å². The number of nitrogens with one attached hydrogen (secondary N) is 1. The topological polar surface area (TPSA) is 90.0 Å². The molecule has 6 nitrogen and oxygen atoms in total. The van der Waals surface area contributed by atoms with Crippen molar-refractivity contribution in [2.24, 2.45) is 13.0 Å². The van der Waals surface area contributed by atoms with Crippen molar-refractivity contribution >= 4 is 15.8 Å². The quantitative estimate of drug-likeness (QED) is 0.784. The van der Waals surface area contributed by atoms with E-state index < -0.39 is 10.0 Å². The van der Waals surface area contributed by atoms with Crippen molar-refractivity contribution < 1.29 is 8.42 Å². The molecular formula is C9H16N4O2S. The summed E-state index contributed by atoms with van der Waals surface area (Å²) in [4.78, 5) is 3.77. The SMILES string of the molecule is CCC1CC1NS(=O)(=O)c1c(N)ncn1C. The molecule has 1 heterocycles. The van der Waals surface area contributed by atoms with Gasteiger partial charge in [-0.15, -0.1) is 0 Å². The Kier molecular flexibility index (Phi) is 2.67. The molecule has 90 valence electrons. The summed E-state index contributed by atoms with van der Waals surface area (Å²) < 4.78 is 28.1. The minimum atomic E-state index is -3.53. The van der Waals surface area contributed by atoms with Crippen LogP contribution in [-0.4, -0.2) is 24.0 Å².